The number of hydrogen-bond acceptors (Lipinski definition) is 7. The van der Waals surface area contributed by atoms with E-state index in [0.29, 0.717) is 29.1 Å². The van der Waals surface area contributed by atoms with Crippen LogP contribution in [-0.4, -0.2) is 60.9 Å². The fraction of sp³-hybridized carbons (Fsp3) is 0.440. The van der Waals surface area contributed by atoms with Gasteiger partial charge >= 0.3 is 5.97 Å². The zero-order valence-electron chi connectivity index (χ0n) is 18.2. The number of nitrogens with zero attached hydrogens (tertiary/aromatic N) is 1. The second kappa shape index (κ2) is 10.1. The highest BCUT2D eigenvalue weighted by Gasteiger charge is 2.40. The van der Waals surface area contributed by atoms with Crippen LogP contribution in [-0.2, 0) is 9.53 Å². The molecule has 0 saturated carbocycles. The van der Waals surface area contributed by atoms with Gasteiger partial charge in [-0.15, -0.1) is 0 Å². The zero-order chi connectivity index (χ0) is 22.5. The predicted octanol–water partition coefficient (Wildman–Crippen LogP) is 3.16. The number of fused-ring (bicyclic) bond motifs is 3. The van der Waals surface area contributed by atoms with Gasteiger partial charge in [-0.1, -0.05) is 30.3 Å². The van der Waals surface area contributed by atoms with Gasteiger partial charge in [0.1, 0.15) is 18.3 Å². The second-order valence-corrected chi connectivity index (χ2v) is 8.46. The van der Waals surface area contributed by atoms with Gasteiger partial charge in [0.05, 0.1) is 6.61 Å². The van der Waals surface area contributed by atoms with Gasteiger partial charge in [-0.2, -0.15) is 0 Å². The summed E-state index contributed by atoms with van der Waals surface area (Å²) < 4.78 is 15.8. The average molecular weight is 440 g/mol. The Balaban J connectivity index is 0.000000186. The third-order valence-corrected chi connectivity index (χ3v) is 6.54. The molecule has 3 aliphatic heterocycles. The Hall–Kier alpha value is -2.90. The highest BCUT2D eigenvalue weighted by molar-refractivity contribution is 5.78. The molecule has 0 aromatic heterocycles. The van der Waals surface area contributed by atoms with Gasteiger partial charge in [-0.3, -0.25) is 9.59 Å². The number of ether oxygens (including phenoxy) is 3. The Morgan fingerprint density at radius 3 is 2.47 bits per heavy atom. The van der Waals surface area contributed by atoms with E-state index in [-0.39, 0.29) is 25.5 Å². The van der Waals surface area contributed by atoms with Crippen molar-refractivity contribution >= 4 is 12.3 Å². The number of carbonyl (C=O) groups is 2. The minimum Gasteiger partial charge on any atom is -0.462 e. The minimum absolute atomic E-state index is 0.00367. The molecule has 2 aromatic carbocycles. The number of aliphatic hydroxyl groups excluding tert-OH is 1. The Kier molecular flexibility index (Phi) is 7.07. The van der Waals surface area contributed by atoms with E-state index in [1.165, 1.54) is 12.8 Å². The number of esters is 1. The van der Waals surface area contributed by atoms with Gasteiger partial charge in [-0.25, -0.2) is 0 Å². The van der Waals surface area contributed by atoms with Gasteiger partial charge in [0.2, 0.25) is 6.79 Å². The maximum absolute atomic E-state index is 12.4. The summed E-state index contributed by atoms with van der Waals surface area (Å²) >= 11 is 0. The van der Waals surface area contributed by atoms with Crippen LogP contribution in [0.15, 0.2) is 48.5 Å². The average Bonchev–Trinajstić information content (AvgIpc) is 3.35. The summed E-state index contributed by atoms with van der Waals surface area (Å²) in [5.41, 5.74) is 1.43. The Labute approximate surface area is 187 Å². The maximum atomic E-state index is 12.4. The first-order valence-electron chi connectivity index (χ1n) is 11.0. The van der Waals surface area contributed by atoms with E-state index in [0.717, 1.165) is 24.7 Å². The van der Waals surface area contributed by atoms with Crippen LogP contribution in [0.3, 0.4) is 0 Å². The maximum Gasteiger partial charge on any atom is 0.316 e. The molecule has 7 heteroatoms. The molecule has 0 radical (unpaired) electrons. The second-order valence-electron chi connectivity index (χ2n) is 8.46. The molecule has 1 unspecified atom stereocenters. The van der Waals surface area contributed by atoms with Crippen molar-refractivity contribution in [3.8, 4) is 11.5 Å². The molecular weight excluding hydrogens is 410 g/mol. The molecule has 1 N–H and O–H groups in total. The van der Waals surface area contributed by atoms with E-state index >= 15 is 0 Å². The van der Waals surface area contributed by atoms with Crippen LogP contribution in [0, 0.1) is 0 Å². The van der Waals surface area contributed by atoms with Gasteiger partial charge < -0.3 is 24.2 Å². The first-order chi connectivity index (χ1) is 15.6. The summed E-state index contributed by atoms with van der Waals surface area (Å²) in [5, 5.41) is 9.53. The normalized spacial score (nSPS) is 24.2. The highest BCUT2D eigenvalue weighted by atomic mass is 16.7. The Bertz CT molecular complexity index is 919. The number of aldehydes is 1. The third kappa shape index (κ3) is 4.95. The van der Waals surface area contributed by atoms with Gasteiger partial charge in [0, 0.05) is 17.6 Å². The summed E-state index contributed by atoms with van der Waals surface area (Å²) in [5.74, 6) is 0.492. The molecule has 3 heterocycles. The topological polar surface area (TPSA) is 85.3 Å². The summed E-state index contributed by atoms with van der Waals surface area (Å²) in [4.78, 5) is 25.1. The van der Waals surface area contributed by atoms with Crippen molar-refractivity contribution in [2.24, 2.45) is 0 Å². The number of hydrogen-bond donors (Lipinski definition) is 1. The van der Waals surface area contributed by atoms with E-state index in [1.807, 2.05) is 30.3 Å². The van der Waals surface area contributed by atoms with Crippen molar-refractivity contribution < 1.29 is 28.9 Å². The quantitative estimate of drug-likeness (QED) is 0.566. The predicted molar refractivity (Wildman–Crippen MR) is 118 cm³/mol. The lowest BCUT2D eigenvalue weighted by molar-refractivity contribution is -0.155. The molecule has 2 bridgehead atoms. The lowest BCUT2D eigenvalue weighted by Crippen LogP contribution is -2.43. The molecule has 0 amide bonds. The first-order valence-corrected chi connectivity index (χ1v) is 11.0. The van der Waals surface area contributed by atoms with E-state index in [1.54, 1.807) is 18.2 Å². The molecule has 4 atom stereocenters. The Morgan fingerprint density at radius 2 is 1.81 bits per heavy atom. The molecule has 0 aliphatic carbocycles. The lowest BCUT2D eigenvalue weighted by Gasteiger charge is -2.36. The molecule has 5 rings (SSSR count). The molecule has 2 saturated heterocycles. The molecular formula is C25H29NO6. The minimum atomic E-state index is -0.566. The number of piperidine rings is 1. The van der Waals surface area contributed by atoms with Gasteiger partial charge in [0.25, 0.3) is 0 Å². The van der Waals surface area contributed by atoms with Crippen molar-refractivity contribution in [2.45, 2.75) is 49.8 Å². The molecule has 32 heavy (non-hydrogen) atoms. The van der Waals surface area contributed by atoms with Crippen molar-refractivity contribution in [1.29, 1.82) is 0 Å². The fourth-order valence-corrected chi connectivity index (χ4v) is 4.69. The van der Waals surface area contributed by atoms with Crippen molar-refractivity contribution in [3.63, 3.8) is 0 Å². The Morgan fingerprint density at radius 1 is 1.12 bits per heavy atom. The van der Waals surface area contributed by atoms with Crippen LogP contribution >= 0.6 is 0 Å². The van der Waals surface area contributed by atoms with Crippen LogP contribution in [0.2, 0.25) is 0 Å². The summed E-state index contributed by atoms with van der Waals surface area (Å²) in [6, 6.07) is 15.6. The van der Waals surface area contributed by atoms with Crippen LogP contribution in [0.4, 0.5) is 0 Å². The van der Waals surface area contributed by atoms with E-state index in [9.17, 15) is 14.7 Å². The van der Waals surface area contributed by atoms with Crippen LogP contribution in [0.25, 0.3) is 0 Å². The third-order valence-electron chi connectivity index (χ3n) is 6.54. The molecule has 7 nitrogen and oxygen atoms in total. The molecule has 3 aliphatic rings. The number of aliphatic hydroxyl groups is 1. The summed E-state index contributed by atoms with van der Waals surface area (Å²) in [6.07, 6.45) is 5.04. The van der Waals surface area contributed by atoms with Gasteiger partial charge in [-0.05, 0) is 56.5 Å². The largest absolute Gasteiger partial charge is 0.462 e. The van der Waals surface area contributed by atoms with Gasteiger partial charge in [0.15, 0.2) is 11.5 Å². The summed E-state index contributed by atoms with van der Waals surface area (Å²) in [7, 11) is 2.17. The van der Waals surface area contributed by atoms with E-state index < -0.39 is 5.92 Å². The van der Waals surface area contributed by atoms with E-state index in [2.05, 4.69) is 11.9 Å². The van der Waals surface area contributed by atoms with Crippen molar-refractivity contribution in [1.82, 2.24) is 4.90 Å². The molecule has 2 fully saturated rings. The molecule has 2 aromatic rings. The smallest absolute Gasteiger partial charge is 0.316 e. The lowest BCUT2D eigenvalue weighted by atomic mass is 9.98. The first kappa shape index (κ1) is 22.3. The van der Waals surface area contributed by atoms with Crippen molar-refractivity contribution in [3.05, 3.63) is 59.7 Å². The molecule has 0 spiro atoms. The van der Waals surface area contributed by atoms with Crippen LogP contribution in [0.5, 0.6) is 11.5 Å². The zero-order valence-corrected chi connectivity index (χ0v) is 18.2. The number of rotatable bonds is 5. The van der Waals surface area contributed by atoms with Crippen molar-refractivity contribution in [2.75, 3.05) is 20.4 Å². The van der Waals surface area contributed by atoms with E-state index in [4.69, 9.17) is 14.2 Å². The van der Waals surface area contributed by atoms with Crippen LogP contribution < -0.4 is 9.47 Å². The summed E-state index contributed by atoms with van der Waals surface area (Å²) in [6.45, 7) is 0.0416. The molecule has 170 valence electrons. The SMILES string of the molecule is CN1[C@@H]2CC[C@H]1C[C@@H](OC(=O)C(CO)c1ccccc1)C2.O=Cc1ccc2c(c1)OCO2. The number of carbonyl (C=O) groups excluding carboxylic acids is 2. The standard InChI is InChI=1S/C17H23NO3.C8H6O3/c1-18-13-7-8-14(18)10-15(9-13)21-17(20)16(11-19)12-5-3-2-4-6-12;9-4-6-1-2-7-8(3-6)11-5-10-7/h2-6,13-16,19H,7-11H2,1H3;1-4H,5H2/t13-,14+,15+,16?;. The number of benzene rings is 2. The highest BCUT2D eigenvalue weighted by Crippen LogP contribution is 2.36. The monoisotopic (exact) mass is 439 g/mol. The fourth-order valence-electron chi connectivity index (χ4n) is 4.69. The van der Waals surface area contributed by atoms with Crippen LogP contribution in [0.1, 0.15) is 47.5 Å².